The van der Waals surface area contributed by atoms with Crippen molar-refractivity contribution < 1.29 is 20.4 Å². The third-order valence-electron chi connectivity index (χ3n) is 2.47. The molecule has 0 spiro atoms. The van der Waals surface area contributed by atoms with E-state index in [0.717, 1.165) is 0 Å². The Hall–Kier alpha value is -0.990. The minimum atomic E-state index is -3.76. The predicted molar refractivity (Wildman–Crippen MR) is 76.3 cm³/mol. The summed E-state index contributed by atoms with van der Waals surface area (Å²) in [7, 11) is 12.8. The van der Waals surface area contributed by atoms with Gasteiger partial charge in [0.25, 0.3) is 0 Å². The first-order chi connectivity index (χ1) is 8.82. The van der Waals surface area contributed by atoms with Crippen molar-refractivity contribution in [3.8, 4) is 23.0 Å². The molecule has 0 aliphatic heterocycles. The molecule has 0 heterocycles. The predicted octanol–water partition coefficient (Wildman–Crippen LogP) is 1.54. The molecule has 4 nitrogen and oxygen atoms in total. The molecule has 0 fully saturated rings. The fourth-order valence-corrected chi connectivity index (χ4v) is 7.68. The first kappa shape index (κ1) is 14.4. The van der Waals surface area contributed by atoms with Gasteiger partial charge in [0.15, 0.2) is 0 Å². The van der Waals surface area contributed by atoms with Crippen LogP contribution in [-0.2, 0) is 0 Å². The van der Waals surface area contributed by atoms with Gasteiger partial charge in [-0.05, 0) is 0 Å². The van der Waals surface area contributed by atoms with Crippen LogP contribution in [0.5, 0.6) is 23.0 Å². The molecule has 19 heavy (non-hydrogen) atoms. The Labute approximate surface area is 120 Å². The van der Waals surface area contributed by atoms with Crippen molar-refractivity contribution in [3.63, 3.8) is 0 Å². The zero-order valence-corrected chi connectivity index (χ0v) is 13.3. The molecule has 0 aliphatic carbocycles. The van der Waals surface area contributed by atoms with Crippen molar-refractivity contribution >= 4 is 41.1 Å². The van der Waals surface area contributed by atoms with Crippen LogP contribution in [-0.4, -0.2) is 36.4 Å². The van der Waals surface area contributed by atoms with E-state index in [1.807, 2.05) is 0 Å². The molecule has 0 saturated carbocycles. The molecule has 0 amide bonds. The molecule has 4 N–H and O–H groups in total. The van der Waals surface area contributed by atoms with Gasteiger partial charge >= 0.3 is 121 Å². The first-order valence-corrected chi connectivity index (χ1v) is 13.3. The van der Waals surface area contributed by atoms with Gasteiger partial charge in [-0.3, -0.25) is 0 Å². The summed E-state index contributed by atoms with van der Waals surface area (Å²) in [4.78, 5) is 0. The van der Waals surface area contributed by atoms with E-state index in [1.54, 1.807) is 12.1 Å². The molecule has 0 radical (unpaired) electrons. The Kier molecular flexibility index (Phi) is 3.93. The van der Waals surface area contributed by atoms with Gasteiger partial charge in [-0.2, -0.15) is 0 Å². The summed E-state index contributed by atoms with van der Waals surface area (Å²) < 4.78 is 1.01. The summed E-state index contributed by atoms with van der Waals surface area (Å²) in [6, 6.07) is 8.59. The van der Waals surface area contributed by atoms with Crippen LogP contribution in [0.25, 0.3) is 0 Å². The third-order valence-corrected chi connectivity index (χ3v) is 12.1. The van der Waals surface area contributed by atoms with Crippen molar-refractivity contribution in [2.24, 2.45) is 0 Å². The fraction of sp³-hybridized carbons (Fsp3) is 0. The molecular weight excluding hydrogens is 407 g/mol. The van der Waals surface area contributed by atoms with Crippen LogP contribution < -0.4 is 7.22 Å². The Morgan fingerprint density at radius 1 is 0.737 bits per heavy atom. The molecule has 2 aromatic rings. The number of benzene rings is 2. The molecular formula is C12H10Cl2O4Te. The Bertz CT molecular complexity index is 591. The zero-order chi connectivity index (χ0) is 14.2. The van der Waals surface area contributed by atoms with Gasteiger partial charge in [-0.1, -0.05) is 0 Å². The average molecular weight is 417 g/mol. The molecule has 0 atom stereocenters. The number of hydrogen-bond donors (Lipinski definition) is 4. The number of phenols is 4. The van der Waals surface area contributed by atoms with Gasteiger partial charge in [-0.15, -0.1) is 0 Å². The van der Waals surface area contributed by atoms with Crippen molar-refractivity contribution in [2.75, 3.05) is 0 Å². The van der Waals surface area contributed by atoms with Gasteiger partial charge in [0.1, 0.15) is 0 Å². The Morgan fingerprint density at radius 3 is 1.68 bits per heavy atom. The number of phenolic OH excluding ortho intramolecular Hbond substituents is 4. The van der Waals surface area contributed by atoms with Crippen LogP contribution in [0.2, 0.25) is 0 Å². The SMILES string of the molecule is Oc1ccc([Te](Cl)(Cl)c2cc(O)c(O)c(O)c2)cc1. The van der Waals surface area contributed by atoms with E-state index in [-0.39, 0.29) is 5.75 Å². The molecule has 0 unspecified atom stereocenters. The minimum absolute atomic E-state index is 0.0899. The first-order valence-electron chi connectivity index (χ1n) is 5.09. The third kappa shape index (κ3) is 2.80. The van der Waals surface area contributed by atoms with Crippen LogP contribution in [0, 0.1) is 0 Å². The van der Waals surface area contributed by atoms with Crippen molar-refractivity contribution in [1.82, 2.24) is 0 Å². The second-order valence-corrected chi connectivity index (χ2v) is 16.4. The van der Waals surface area contributed by atoms with Gasteiger partial charge in [0.2, 0.25) is 0 Å². The van der Waals surface area contributed by atoms with E-state index in [2.05, 4.69) is 0 Å². The van der Waals surface area contributed by atoms with Crippen LogP contribution in [0.3, 0.4) is 0 Å². The van der Waals surface area contributed by atoms with Crippen molar-refractivity contribution in [2.45, 2.75) is 0 Å². The Morgan fingerprint density at radius 2 is 1.21 bits per heavy atom. The molecule has 0 saturated heterocycles. The van der Waals surface area contributed by atoms with E-state index < -0.39 is 33.2 Å². The van der Waals surface area contributed by atoms with Crippen LogP contribution in [0.15, 0.2) is 36.4 Å². The molecule has 0 aromatic heterocycles. The second-order valence-electron chi connectivity index (χ2n) is 3.77. The van der Waals surface area contributed by atoms with E-state index in [1.165, 1.54) is 24.3 Å². The fourth-order valence-electron chi connectivity index (χ4n) is 1.48. The normalized spacial score (nSPS) is 12.3. The molecule has 0 bridgehead atoms. The van der Waals surface area contributed by atoms with Crippen LogP contribution in [0.4, 0.5) is 0 Å². The Balaban J connectivity index is 2.52. The number of aromatic hydroxyl groups is 4. The van der Waals surface area contributed by atoms with E-state index in [4.69, 9.17) is 17.9 Å². The van der Waals surface area contributed by atoms with E-state index >= 15 is 0 Å². The number of halogens is 2. The summed E-state index contributed by atoms with van der Waals surface area (Å²) in [5.74, 6) is -1.48. The molecule has 2 aromatic carbocycles. The molecule has 2 rings (SSSR count). The van der Waals surface area contributed by atoms with Crippen molar-refractivity contribution in [1.29, 1.82) is 0 Å². The van der Waals surface area contributed by atoms with Crippen molar-refractivity contribution in [3.05, 3.63) is 36.4 Å². The number of rotatable bonds is 2. The molecule has 7 heteroatoms. The molecule has 0 aliphatic rings. The monoisotopic (exact) mass is 418 g/mol. The van der Waals surface area contributed by atoms with E-state index in [0.29, 0.717) is 7.22 Å². The summed E-state index contributed by atoms with van der Waals surface area (Å²) in [5.41, 5.74) is 0. The second kappa shape index (κ2) is 5.18. The maximum atomic E-state index is 9.50. The quantitative estimate of drug-likeness (QED) is 0.442. The summed E-state index contributed by atoms with van der Waals surface area (Å²) >= 11 is -3.76. The van der Waals surface area contributed by atoms with Crippen LogP contribution >= 0.6 is 17.9 Å². The van der Waals surface area contributed by atoms with Gasteiger partial charge < -0.3 is 0 Å². The maximum absolute atomic E-state index is 9.50. The summed E-state index contributed by atoms with van der Waals surface area (Å²) in [5, 5.41) is 37.5. The standard InChI is InChI=1S/C12H10Cl2O4Te/c13-19(14,8-3-1-7(15)2-4-8)9-5-10(16)12(18)11(17)6-9/h1-6,15-18H. The zero-order valence-electron chi connectivity index (χ0n) is 9.42. The van der Waals surface area contributed by atoms with Gasteiger partial charge in [0, 0.05) is 0 Å². The van der Waals surface area contributed by atoms with Gasteiger partial charge in [-0.25, -0.2) is 0 Å². The molecule has 102 valence electrons. The summed E-state index contributed by atoms with van der Waals surface area (Å²) in [6.07, 6.45) is 0. The summed E-state index contributed by atoms with van der Waals surface area (Å²) in [6.45, 7) is 0. The van der Waals surface area contributed by atoms with Gasteiger partial charge in [0.05, 0.1) is 0 Å². The topological polar surface area (TPSA) is 80.9 Å². The van der Waals surface area contributed by atoms with Crippen LogP contribution in [0.1, 0.15) is 0 Å². The average Bonchev–Trinajstić information content (AvgIpc) is 2.35. The number of hydrogen-bond acceptors (Lipinski definition) is 4. The van der Waals surface area contributed by atoms with E-state index in [9.17, 15) is 20.4 Å².